The third kappa shape index (κ3) is 4.20. The quantitative estimate of drug-likeness (QED) is 0.548. The van der Waals surface area contributed by atoms with Gasteiger partial charge in [0.1, 0.15) is 0 Å². The van der Waals surface area contributed by atoms with Gasteiger partial charge >= 0.3 is 0 Å². The summed E-state index contributed by atoms with van der Waals surface area (Å²) in [6.45, 7) is 2.64. The van der Waals surface area contributed by atoms with Gasteiger partial charge in [0.15, 0.2) is 0 Å². The van der Waals surface area contributed by atoms with Gasteiger partial charge in [-0.1, -0.05) is 12.8 Å². The summed E-state index contributed by atoms with van der Waals surface area (Å²) >= 11 is 7.57. The second-order valence-corrected chi connectivity index (χ2v) is 7.82. The number of unbranched alkanes of at least 4 members (excludes halogenated alkanes) is 1. The lowest BCUT2D eigenvalue weighted by molar-refractivity contribution is 0.0597. The highest BCUT2D eigenvalue weighted by Gasteiger charge is 2.32. The Balaban J connectivity index is 1.40. The van der Waals surface area contributed by atoms with E-state index >= 15 is 0 Å². The zero-order valence-corrected chi connectivity index (χ0v) is 14.5. The Morgan fingerprint density at radius 1 is 1.19 bits per heavy atom. The molecule has 2 heterocycles. The number of hydrogen-bond donors (Lipinski definition) is 0. The van der Waals surface area contributed by atoms with Crippen LogP contribution in [0.15, 0.2) is 5.38 Å². The lowest BCUT2D eigenvalue weighted by atomic mass is 9.78. The standard InChI is InChI=1S/C17H27ClN2S/c18-12-15-13-21-17(19-15)9-3-4-10-20-11-5-7-14-6-1-2-8-16(14)20/h13-14,16H,1-12H2. The Hall–Kier alpha value is -0.120. The minimum atomic E-state index is 0.549. The summed E-state index contributed by atoms with van der Waals surface area (Å²) in [5, 5.41) is 3.36. The van der Waals surface area contributed by atoms with Crippen molar-refractivity contribution in [1.29, 1.82) is 0 Å². The Morgan fingerprint density at radius 3 is 2.90 bits per heavy atom. The van der Waals surface area contributed by atoms with Crippen LogP contribution in [0.1, 0.15) is 62.1 Å². The highest BCUT2D eigenvalue weighted by Crippen LogP contribution is 2.35. The molecule has 1 aliphatic carbocycles. The predicted molar refractivity (Wildman–Crippen MR) is 91.2 cm³/mol. The summed E-state index contributed by atoms with van der Waals surface area (Å²) in [5.41, 5.74) is 1.04. The molecule has 1 aromatic heterocycles. The van der Waals surface area contributed by atoms with E-state index in [4.69, 9.17) is 11.6 Å². The largest absolute Gasteiger partial charge is 0.300 e. The summed E-state index contributed by atoms with van der Waals surface area (Å²) in [4.78, 5) is 7.36. The van der Waals surface area contributed by atoms with E-state index in [0.717, 1.165) is 24.1 Å². The molecule has 4 heteroatoms. The number of hydrogen-bond acceptors (Lipinski definition) is 3. The molecule has 2 atom stereocenters. The van der Waals surface area contributed by atoms with Crippen LogP contribution >= 0.6 is 22.9 Å². The first-order chi connectivity index (χ1) is 10.4. The molecule has 0 aromatic carbocycles. The van der Waals surface area contributed by atoms with Gasteiger partial charge in [0.2, 0.25) is 0 Å². The van der Waals surface area contributed by atoms with Crippen molar-refractivity contribution in [2.24, 2.45) is 5.92 Å². The molecule has 2 fully saturated rings. The summed E-state index contributed by atoms with van der Waals surface area (Å²) in [7, 11) is 0. The number of piperidine rings is 1. The summed E-state index contributed by atoms with van der Waals surface area (Å²) in [6.07, 6.45) is 12.5. The smallest absolute Gasteiger partial charge is 0.0928 e. The molecular weight excluding hydrogens is 300 g/mol. The van der Waals surface area contributed by atoms with Gasteiger partial charge in [-0.25, -0.2) is 4.98 Å². The predicted octanol–water partition coefficient (Wildman–Crippen LogP) is 4.86. The van der Waals surface area contributed by atoms with Gasteiger partial charge in [-0.2, -0.15) is 0 Å². The van der Waals surface area contributed by atoms with Crippen molar-refractivity contribution in [3.8, 4) is 0 Å². The van der Waals surface area contributed by atoms with Gasteiger partial charge < -0.3 is 4.90 Å². The fraction of sp³-hybridized carbons (Fsp3) is 0.824. The van der Waals surface area contributed by atoms with Gasteiger partial charge in [0.05, 0.1) is 16.6 Å². The molecule has 0 N–H and O–H groups in total. The topological polar surface area (TPSA) is 16.1 Å². The first kappa shape index (κ1) is 15.8. The van der Waals surface area contributed by atoms with Crippen LogP contribution in [0.3, 0.4) is 0 Å². The number of thiazole rings is 1. The number of likely N-dealkylation sites (tertiary alicyclic amines) is 1. The van der Waals surface area contributed by atoms with Crippen molar-refractivity contribution in [3.63, 3.8) is 0 Å². The number of rotatable bonds is 6. The Kier molecular flexibility index (Phi) is 5.96. The van der Waals surface area contributed by atoms with Gasteiger partial charge in [0.25, 0.3) is 0 Å². The average Bonchev–Trinajstić information content (AvgIpc) is 3.00. The molecule has 2 nitrogen and oxygen atoms in total. The summed E-state index contributed by atoms with van der Waals surface area (Å²) < 4.78 is 0. The molecular formula is C17H27ClN2S. The van der Waals surface area contributed by atoms with E-state index in [2.05, 4.69) is 15.3 Å². The normalized spacial score (nSPS) is 26.7. The zero-order chi connectivity index (χ0) is 14.5. The molecule has 2 aliphatic rings. The van der Waals surface area contributed by atoms with Crippen LogP contribution in [0, 0.1) is 5.92 Å². The van der Waals surface area contributed by atoms with E-state index < -0.39 is 0 Å². The second kappa shape index (κ2) is 7.94. The van der Waals surface area contributed by atoms with E-state index in [1.54, 1.807) is 11.3 Å². The van der Waals surface area contributed by atoms with Crippen LogP contribution in [0.4, 0.5) is 0 Å². The third-order valence-electron chi connectivity index (χ3n) is 5.18. The first-order valence-electron chi connectivity index (χ1n) is 8.60. The van der Waals surface area contributed by atoms with Crippen LogP contribution in [-0.2, 0) is 12.3 Å². The fourth-order valence-corrected chi connectivity index (χ4v) is 5.19. The average molecular weight is 327 g/mol. The van der Waals surface area contributed by atoms with E-state index in [0.29, 0.717) is 5.88 Å². The lowest BCUT2D eigenvalue weighted by Gasteiger charge is -2.44. The van der Waals surface area contributed by atoms with Crippen molar-refractivity contribution < 1.29 is 0 Å². The molecule has 0 bridgehead atoms. The van der Waals surface area contributed by atoms with Gasteiger partial charge in [0, 0.05) is 11.4 Å². The molecule has 1 saturated heterocycles. The first-order valence-corrected chi connectivity index (χ1v) is 10.0. The molecule has 2 unspecified atom stereocenters. The van der Waals surface area contributed by atoms with Gasteiger partial charge in [-0.05, 0) is 64.0 Å². The monoisotopic (exact) mass is 326 g/mol. The Bertz CT molecular complexity index is 432. The maximum atomic E-state index is 5.81. The third-order valence-corrected chi connectivity index (χ3v) is 6.41. The molecule has 21 heavy (non-hydrogen) atoms. The summed E-state index contributed by atoms with van der Waals surface area (Å²) in [6, 6.07) is 0.912. The van der Waals surface area contributed by atoms with Crippen LogP contribution in [0.25, 0.3) is 0 Å². The van der Waals surface area contributed by atoms with Crippen LogP contribution < -0.4 is 0 Å². The number of alkyl halides is 1. The number of halogens is 1. The van der Waals surface area contributed by atoms with Gasteiger partial charge in [-0.3, -0.25) is 0 Å². The number of aryl methyl sites for hydroxylation is 1. The molecule has 1 aromatic rings. The zero-order valence-electron chi connectivity index (χ0n) is 12.9. The number of aromatic nitrogens is 1. The lowest BCUT2D eigenvalue weighted by Crippen LogP contribution is -2.47. The second-order valence-electron chi connectivity index (χ2n) is 6.61. The molecule has 3 rings (SSSR count). The highest BCUT2D eigenvalue weighted by molar-refractivity contribution is 7.09. The number of nitrogens with zero attached hydrogens (tertiary/aromatic N) is 2. The molecule has 0 radical (unpaired) electrons. The molecule has 0 spiro atoms. The SMILES string of the molecule is ClCc1csc(CCCCN2CCCC3CCCCC32)n1. The molecule has 0 amide bonds. The highest BCUT2D eigenvalue weighted by atomic mass is 35.5. The molecule has 1 aliphatic heterocycles. The fourth-order valence-electron chi connectivity index (χ4n) is 4.12. The minimum absolute atomic E-state index is 0.549. The maximum Gasteiger partial charge on any atom is 0.0928 e. The Morgan fingerprint density at radius 2 is 2.05 bits per heavy atom. The van der Waals surface area contributed by atoms with Crippen molar-refractivity contribution >= 4 is 22.9 Å². The van der Waals surface area contributed by atoms with E-state index in [9.17, 15) is 0 Å². The van der Waals surface area contributed by atoms with E-state index in [1.807, 2.05) is 0 Å². The van der Waals surface area contributed by atoms with Gasteiger partial charge in [-0.15, -0.1) is 22.9 Å². The van der Waals surface area contributed by atoms with Crippen LogP contribution in [0.2, 0.25) is 0 Å². The van der Waals surface area contributed by atoms with Crippen molar-refractivity contribution in [2.45, 2.75) is 69.7 Å². The van der Waals surface area contributed by atoms with Crippen LogP contribution in [0.5, 0.6) is 0 Å². The summed E-state index contributed by atoms with van der Waals surface area (Å²) in [5.74, 6) is 1.56. The molecule has 1 saturated carbocycles. The van der Waals surface area contributed by atoms with Crippen molar-refractivity contribution in [1.82, 2.24) is 9.88 Å². The maximum absolute atomic E-state index is 5.81. The van der Waals surface area contributed by atoms with Crippen molar-refractivity contribution in [2.75, 3.05) is 13.1 Å². The minimum Gasteiger partial charge on any atom is -0.300 e. The van der Waals surface area contributed by atoms with E-state index in [1.165, 1.54) is 69.5 Å². The molecule has 118 valence electrons. The van der Waals surface area contributed by atoms with Crippen molar-refractivity contribution in [3.05, 3.63) is 16.1 Å². The Labute approximate surface area is 137 Å². The van der Waals surface area contributed by atoms with Crippen LogP contribution in [-0.4, -0.2) is 29.0 Å². The van der Waals surface area contributed by atoms with E-state index in [-0.39, 0.29) is 0 Å². The number of fused-ring (bicyclic) bond motifs is 1.